The van der Waals surface area contributed by atoms with E-state index in [1.54, 1.807) is 13.0 Å². The molecule has 0 aliphatic rings. The van der Waals surface area contributed by atoms with Crippen LogP contribution in [0.15, 0.2) is 30.3 Å². The van der Waals surface area contributed by atoms with Crippen molar-refractivity contribution in [2.45, 2.75) is 6.92 Å². The highest BCUT2D eigenvalue weighted by atomic mass is 35.5. The maximum atomic E-state index is 13.3. The number of nitrogen functional groups attached to an aromatic ring is 1. The number of nitrogens with two attached hydrogens (primary N) is 1. The number of rotatable bonds is 2. The molecular weight excluding hydrogens is 302 g/mol. The van der Waals surface area contributed by atoms with Crippen molar-refractivity contribution in [2.24, 2.45) is 0 Å². The van der Waals surface area contributed by atoms with Crippen molar-refractivity contribution in [1.29, 1.82) is 0 Å². The van der Waals surface area contributed by atoms with Crippen LogP contribution in [0.25, 0.3) is 0 Å². The molecule has 6 heteroatoms. The molecule has 0 unspecified atom stereocenters. The monoisotopic (exact) mass is 312 g/mol. The van der Waals surface area contributed by atoms with Gasteiger partial charge in [-0.3, -0.25) is 4.79 Å². The number of carbonyl (C=O) groups excluding carboxylic acids is 1. The Hall–Kier alpha value is -1.78. The van der Waals surface area contributed by atoms with Crippen LogP contribution in [0.1, 0.15) is 15.9 Å². The quantitative estimate of drug-likeness (QED) is 0.813. The first-order valence-corrected chi connectivity index (χ1v) is 6.46. The second-order valence-electron chi connectivity index (χ2n) is 4.24. The fraction of sp³-hybridized carbons (Fsp3) is 0.0714. The molecule has 0 spiro atoms. The Labute approximate surface area is 125 Å². The smallest absolute Gasteiger partial charge is 0.257 e. The lowest BCUT2D eigenvalue weighted by Crippen LogP contribution is -2.15. The molecule has 0 bridgehead atoms. The number of carbonyl (C=O) groups is 1. The van der Waals surface area contributed by atoms with Gasteiger partial charge in [0.05, 0.1) is 22.0 Å². The summed E-state index contributed by atoms with van der Waals surface area (Å²) in [4.78, 5) is 12.1. The van der Waals surface area contributed by atoms with Gasteiger partial charge in [-0.25, -0.2) is 4.39 Å². The van der Waals surface area contributed by atoms with Crippen LogP contribution < -0.4 is 11.1 Å². The van der Waals surface area contributed by atoms with Crippen molar-refractivity contribution in [3.8, 4) is 0 Å². The molecule has 0 aliphatic carbocycles. The highest BCUT2D eigenvalue weighted by molar-refractivity contribution is 6.36. The van der Waals surface area contributed by atoms with E-state index in [1.165, 1.54) is 24.3 Å². The van der Waals surface area contributed by atoms with Crippen LogP contribution in [0.3, 0.4) is 0 Å². The van der Waals surface area contributed by atoms with E-state index in [1.807, 2.05) is 0 Å². The van der Waals surface area contributed by atoms with Crippen molar-refractivity contribution in [3.63, 3.8) is 0 Å². The third-order valence-corrected chi connectivity index (χ3v) is 3.51. The molecule has 0 atom stereocenters. The zero-order valence-corrected chi connectivity index (χ0v) is 12.0. The maximum Gasteiger partial charge on any atom is 0.257 e. The first kappa shape index (κ1) is 14.6. The Morgan fingerprint density at radius 2 is 1.95 bits per heavy atom. The van der Waals surface area contributed by atoms with Gasteiger partial charge in [0.1, 0.15) is 5.82 Å². The van der Waals surface area contributed by atoms with Crippen molar-refractivity contribution < 1.29 is 9.18 Å². The van der Waals surface area contributed by atoms with Gasteiger partial charge in [-0.1, -0.05) is 29.3 Å². The molecule has 0 heterocycles. The molecule has 0 saturated heterocycles. The summed E-state index contributed by atoms with van der Waals surface area (Å²) >= 11 is 12.0. The fourth-order valence-electron chi connectivity index (χ4n) is 1.67. The summed E-state index contributed by atoms with van der Waals surface area (Å²) in [5.74, 6) is -1.20. The topological polar surface area (TPSA) is 55.1 Å². The summed E-state index contributed by atoms with van der Waals surface area (Å²) in [5.41, 5.74) is 6.50. The van der Waals surface area contributed by atoms with Gasteiger partial charge in [-0.2, -0.15) is 0 Å². The fourth-order valence-corrected chi connectivity index (χ4v) is 2.10. The molecular formula is C14H11Cl2FN2O. The number of anilines is 2. The standard InChI is InChI=1S/C14H11Cl2FN2O/c1-7-5-10(16)12(6-9(7)15)19-14(20)8-3-2-4-11(17)13(8)18/h2-6H,18H2,1H3,(H,19,20). The highest BCUT2D eigenvalue weighted by Crippen LogP contribution is 2.29. The number of nitrogens with one attached hydrogen (secondary N) is 1. The van der Waals surface area contributed by atoms with E-state index < -0.39 is 11.7 Å². The van der Waals surface area contributed by atoms with Crippen molar-refractivity contribution >= 4 is 40.5 Å². The number of hydrogen-bond donors (Lipinski definition) is 2. The Balaban J connectivity index is 2.33. The largest absolute Gasteiger partial charge is 0.396 e. The molecule has 2 aromatic rings. The second-order valence-corrected chi connectivity index (χ2v) is 5.05. The molecule has 0 aromatic heterocycles. The van der Waals surface area contributed by atoms with E-state index >= 15 is 0 Å². The van der Waals surface area contributed by atoms with Crippen LogP contribution in [0.2, 0.25) is 10.0 Å². The van der Waals surface area contributed by atoms with Gasteiger partial charge in [-0.05, 0) is 36.8 Å². The summed E-state index contributed by atoms with van der Waals surface area (Å²) in [6.45, 7) is 1.80. The predicted molar refractivity (Wildman–Crippen MR) is 80.0 cm³/mol. The zero-order chi connectivity index (χ0) is 14.9. The summed E-state index contributed by atoms with van der Waals surface area (Å²) in [6, 6.07) is 7.19. The van der Waals surface area contributed by atoms with Gasteiger partial charge in [0, 0.05) is 5.02 Å². The van der Waals surface area contributed by atoms with E-state index in [0.717, 1.165) is 5.56 Å². The molecule has 2 rings (SSSR count). The number of para-hydroxylation sites is 1. The Kier molecular flexibility index (Phi) is 4.16. The van der Waals surface area contributed by atoms with Crippen molar-refractivity contribution in [3.05, 3.63) is 57.3 Å². The maximum absolute atomic E-state index is 13.3. The average molecular weight is 313 g/mol. The van der Waals surface area contributed by atoms with Crippen LogP contribution in [-0.2, 0) is 0 Å². The van der Waals surface area contributed by atoms with Crippen LogP contribution in [0, 0.1) is 12.7 Å². The minimum atomic E-state index is -0.648. The minimum absolute atomic E-state index is 0.0396. The number of amides is 1. The minimum Gasteiger partial charge on any atom is -0.396 e. The van der Waals surface area contributed by atoms with Gasteiger partial charge in [0.15, 0.2) is 0 Å². The number of halogens is 3. The molecule has 1 amide bonds. The predicted octanol–water partition coefficient (Wildman–Crippen LogP) is 4.28. The lowest BCUT2D eigenvalue weighted by molar-refractivity contribution is 0.102. The zero-order valence-electron chi connectivity index (χ0n) is 10.5. The Morgan fingerprint density at radius 1 is 1.25 bits per heavy atom. The average Bonchev–Trinajstić information content (AvgIpc) is 2.39. The van der Waals surface area contributed by atoms with Gasteiger partial charge in [0.25, 0.3) is 5.91 Å². The number of aryl methyl sites for hydroxylation is 1. The van der Waals surface area contributed by atoms with Crippen LogP contribution >= 0.6 is 23.2 Å². The molecule has 0 radical (unpaired) electrons. The summed E-state index contributed by atoms with van der Waals surface area (Å²) in [7, 11) is 0. The van der Waals surface area contributed by atoms with Gasteiger partial charge in [-0.15, -0.1) is 0 Å². The van der Waals surface area contributed by atoms with E-state index in [4.69, 9.17) is 28.9 Å². The van der Waals surface area contributed by atoms with Crippen LogP contribution in [0.5, 0.6) is 0 Å². The molecule has 3 N–H and O–H groups in total. The van der Waals surface area contributed by atoms with Gasteiger partial charge in [0.2, 0.25) is 0 Å². The van der Waals surface area contributed by atoms with E-state index in [-0.39, 0.29) is 11.3 Å². The summed E-state index contributed by atoms with van der Waals surface area (Å²) in [6.07, 6.45) is 0. The third-order valence-electron chi connectivity index (χ3n) is 2.79. The SMILES string of the molecule is Cc1cc(Cl)c(NC(=O)c2cccc(F)c2N)cc1Cl. The second kappa shape index (κ2) is 5.69. The van der Waals surface area contributed by atoms with Crippen molar-refractivity contribution in [2.75, 3.05) is 11.1 Å². The molecule has 0 fully saturated rings. The van der Waals surface area contributed by atoms with Crippen LogP contribution in [-0.4, -0.2) is 5.91 Å². The van der Waals surface area contributed by atoms with Crippen molar-refractivity contribution in [1.82, 2.24) is 0 Å². The lowest BCUT2D eigenvalue weighted by atomic mass is 10.1. The first-order chi connectivity index (χ1) is 9.40. The van der Waals surface area contributed by atoms with Crippen LogP contribution in [0.4, 0.5) is 15.8 Å². The molecule has 20 heavy (non-hydrogen) atoms. The third kappa shape index (κ3) is 2.86. The Bertz CT molecular complexity index is 689. The molecule has 3 nitrogen and oxygen atoms in total. The summed E-state index contributed by atoms with van der Waals surface area (Å²) in [5, 5.41) is 3.37. The highest BCUT2D eigenvalue weighted by Gasteiger charge is 2.14. The number of hydrogen-bond acceptors (Lipinski definition) is 2. The molecule has 2 aromatic carbocycles. The lowest BCUT2D eigenvalue weighted by Gasteiger charge is -2.11. The molecule has 0 saturated carbocycles. The van der Waals surface area contributed by atoms with E-state index in [2.05, 4.69) is 5.32 Å². The molecule has 104 valence electrons. The van der Waals surface area contributed by atoms with E-state index in [9.17, 15) is 9.18 Å². The van der Waals surface area contributed by atoms with Gasteiger partial charge >= 0.3 is 0 Å². The normalized spacial score (nSPS) is 10.4. The number of benzene rings is 2. The summed E-state index contributed by atoms with van der Waals surface area (Å²) < 4.78 is 13.3. The first-order valence-electron chi connectivity index (χ1n) is 5.71. The van der Waals surface area contributed by atoms with E-state index in [0.29, 0.717) is 15.7 Å². The Morgan fingerprint density at radius 3 is 2.65 bits per heavy atom. The van der Waals surface area contributed by atoms with Gasteiger partial charge < -0.3 is 11.1 Å². The molecule has 0 aliphatic heterocycles.